The first kappa shape index (κ1) is 26.7. The molecule has 2 aliphatic rings. The Morgan fingerprint density at radius 1 is 1.41 bits per heavy atom. The van der Waals surface area contributed by atoms with Crippen molar-refractivity contribution in [3.05, 3.63) is 11.9 Å². The van der Waals surface area contributed by atoms with Gasteiger partial charge < -0.3 is 42.2 Å². The Morgan fingerprint density at radius 2 is 2.16 bits per heavy atom. The molecule has 2 aliphatic heterocycles. The van der Waals surface area contributed by atoms with Crippen molar-refractivity contribution in [1.82, 2.24) is 24.6 Å². The largest absolute Gasteiger partial charge is 0.549 e. The summed E-state index contributed by atoms with van der Waals surface area (Å²) in [7, 11) is 1.66. The zero-order valence-corrected chi connectivity index (χ0v) is 22.2. The van der Waals surface area contributed by atoms with Crippen LogP contribution in [0.5, 0.6) is 0 Å². The molecule has 2 fully saturated rings. The molecule has 0 spiro atoms. The molecule has 18 heteroatoms. The summed E-state index contributed by atoms with van der Waals surface area (Å²) >= 11 is 3.29. The van der Waals surface area contributed by atoms with E-state index in [0.29, 0.717) is 10.8 Å². The third-order valence-corrected chi connectivity index (χ3v) is 9.07. The maximum atomic E-state index is 12.9. The van der Waals surface area contributed by atoms with E-state index in [9.17, 15) is 19.5 Å². The van der Waals surface area contributed by atoms with Crippen molar-refractivity contribution < 1.29 is 28.9 Å². The fraction of sp³-hybridized carbons (Fsp3) is 0.474. The van der Waals surface area contributed by atoms with E-state index < -0.39 is 34.6 Å². The standard InChI is InChI=1S/C19H24N10O5S3/c1-3-34-26-10(12-25-18(22)37-27-12)13(30)24-11-14(31)29-5-19(16(32)33,7-36-15(11)29)6-35-9-4-8(20)28(2)17(21)23-9/h4,11,15H,3,5-7H2,1-2H3,(H7,20,21,22,23,24,25,27,30,32,33)/t11-,15-,19?/m1/s1. The topological polar surface area (TPSA) is 232 Å². The molecule has 2 amide bonds. The number of nitrogens with zero attached hydrogens (tertiary/aromatic N) is 6. The number of carbonyl (C=O) groups excluding carboxylic acids is 3. The zero-order valence-electron chi connectivity index (χ0n) is 19.7. The van der Waals surface area contributed by atoms with E-state index >= 15 is 0 Å². The van der Waals surface area contributed by atoms with Crippen molar-refractivity contribution in [1.29, 1.82) is 0 Å². The highest BCUT2D eigenvalue weighted by Gasteiger charge is 2.55. The van der Waals surface area contributed by atoms with Gasteiger partial charge in [-0.15, -0.1) is 16.7 Å². The van der Waals surface area contributed by atoms with E-state index in [4.69, 9.17) is 22.0 Å². The SMILES string of the molecule is CCON=C(C(=O)N[C@@H]1C(=O)N2CC(CSc3cc(N)[n+](C)c(N)n3)(C(=O)[O-])CS[C@H]12)c1nsc(N)n1. The van der Waals surface area contributed by atoms with Gasteiger partial charge in [-0.3, -0.25) is 9.59 Å². The smallest absolute Gasteiger partial charge is 0.345 e. The molecule has 37 heavy (non-hydrogen) atoms. The van der Waals surface area contributed by atoms with Gasteiger partial charge in [-0.05, 0) is 6.92 Å². The van der Waals surface area contributed by atoms with Gasteiger partial charge in [-0.25, -0.2) is 4.57 Å². The molecule has 0 radical (unpaired) electrons. The number of carbonyl (C=O) groups is 3. The van der Waals surface area contributed by atoms with Crippen LogP contribution in [-0.2, 0) is 26.3 Å². The Labute approximate surface area is 223 Å². The zero-order chi connectivity index (χ0) is 26.9. The summed E-state index contributed by atoms with van der Waals surface area (Å²) < 4.78 is 5.47. The second kappa shape index (κ2) is 10.5. The molecule has 4 heterocycles. The quantitative estimate of drug-likeness (QED) is 0.0597. The number of β-lactam (4-membered cyclic amide) rings is 1. The number of nitrogens with one attached hydrogen (secondary N) is 1. The Morgan fingerprint density at radius 3 is 2.78 bits per heavy atom. The van der Waals surface area contributed by atoms with E-state index in [2.05, 4.69) is 24.8 Å². The molecule has 2 aromatic rings. The molecule has 0 bridgehead atoms. The minimum Gasteiger partial charge on any atom is -0.549 e. The number of thioether (sulfide) groups is 2. The molecule has 3 atom stereocenters. The molecule has 0 aromatic carbocycles. The average Bonchev–Trinajstić information content (AvgIpc) is 3.30. The lowest BCUT2D eigenvalue weighted by molar-refractivity contribution is -0.645. The van der Waals surface area contributed by atoms with Crippen LogP contribution in [0, 0.1) is 5.41 Å². The van der Waals surface area contributed by atoms with Crippen LogP contribution < -0.4 is 32.2 Å². The van der Waals surface area contributed by atoms with Gasteiger partial charge in [-0.2, -0.15) is 9.36 Å². The number of hydrogen-bond acceptors (Lipinski definition) is 15. The van der Waals surface area contributed by atoms with Gasteiger partial charge in [0.15, 0.2) is 16.0 Å². The molecule has 2 saturated heterocycles. The number of amides is 2. The van der Waals surface area contributed by atoms with E-state index in [1.54, 1.807) is 20.0 Å². The summed E-state index contributed by atoms with van der Waals surface area (Å²) in [5.74, 6) is -1.66. The Kier molecular flexibility index (Phi) is 7.60. The monoisotopic (exact) mass is 568 g/mol. The van der Waals surface area contributed by atoms with E-state index in [1.165, 1.54) is 21.2 Å². The van der Waals surface area contributed by atoms with Gasteiger partial charge in [0.1, 0.15) is 18.0 Å². The number of hydrogen-bond donors (Lipinski definition) is 4. The van der Waals surface area contributed by atoms with Crippen LogP contribution in [0.4, 0.5) is 16.9 Å². The number of nitrogen functional groups attached to an aromatic ring is 3. The van der Waals surface area contributed by atoms with Crippen molar-refractivity contribution >= 4 is 75.4 Å². The van der Waals surface area contributed by atoms with Crippen molar-refractivity contribution in [3.63, 3.8) is 0 Å². The van der Waals surface area contributed by atoms with Crippen LogP contribution >= 0.6 is 35.1 Å². The minimum atomic E-state index is -1.34. The van der Waals surface area contributed by atoms with Crippen molar-refractivity contribution in [2.75, 3.05) is 41.9 Å². The lowest BCUT2D eigenvalue weighted by Gasteiger charge is -2.55. The van der Waals surface area contributed by atoms with Gasteiger partial charge in [0.25, 0.3) is 5.91 Å². The summed E-state index contributed by atoms with van der Waals surface area (Å²) in [6, 6.07) is 0.707. The average molecular weight is 569 g/mol. The first-order chi connectivity index (χ1) is 17.6. The number of carboxylic acid groups (broad SMARTS) is 1. The third kappa shape index (κ3) is 5.21. The highest BCUT2D eigenvalue weighted by atomic mass is 32.2. The molecule has 0 saturated carbocycles. The fourth-order valence-corrected chi connectivity index (χ4v) is 6.81. The first-order valence-corrected chi connectivity index (χ1v) is 13.7. The molecule has 2 aromatic heterocycles. The number of rotatable bonds is 9. The normalized spacial score (nSPS) is 23.2. The number of fused-ring (bicyclic) bond motifs is 1. The number of nitrogens with two attached hydrogens (primary N) is 3. The summed E-state index contributed by atoms with van der Waals surface area (Å²) in [4.78, 5) is 52.6. The lowest BCUT2D eigenvalue weighted by Crippen LogP contribution is -2.75. The second-order valence-electron chi connectivity index (χ2n) is 8.23. The predicted molar refractivity (Wildman–Crippen MR) is 135 cm³/mol. The van der Waals surface area contributed by atoms with Crippen LogP contribution in [0.3, 0.4) is 0 Å². The molecular weight excluding hydrogens is 544 g/mol. The highest BCUT2D eigenvalue weighted by Crippen LogP contribution is 2.44. The molecule has 15 nitrogen and oxygen atoms in total. The number of aliphatic carboxylic acids is 1. The Balaban J connectivity index is 1.44. The number of carboxylic acids is 1. The molecule has 1 unspecified atom stereocenters. The third-order valence-electron chi connectivity index (χ3n) is 5.74. The highest BCUT2D eigenvalue weighted by molar-refractivity contribution is 8.00. The summed E-state index contributed by atoms with van der Waals surface area (Å²) in [5, 5.41) is 18.7. The molecule has 7 N–H and O–H groups in total. The van der Waals surface area contributed by atoms with Crippen LogP contribution in [0.1, 0.15) is 12.7 Å². The molecule has 4 rings (SSSR count). The van der Waals surface area contributed by atoms with Crippen LogP contribution in [0.25, 0.3) is 0 Å². The van der Waals surface area contributed by atoms with Gasteiger partial charge >= 0.3 is 5.95 Å². The summed E-state index contributed by atoms with van der Waals surface area (Å²) in [6.45, 7) is 1.80. The van der Waals surface area contributed by atoms with E-state index in [0.717, 1.165) is 23.3 Å². The molecular formula is C19H24N10O5S3. The van der Waals surface area contributed by atoms with Gasteiger partial charge in [-0.1, -0.05) is 16.9 Å². The van der Waals surface area contributed by atoms with Gasteiger partial charge in [0.05, 0.1) is 13.0 Å². The first-order valence-electron chi connectivity index (χ1n) is 10.8. The van der Waals surface area contributed by atoms with Gasteiger partial charge in [0, 0.05) is 41.1 Å². The van der Waals surface area contributed by atoms with Crippen LogP contribution in [0.15, 0.2) is 16.2 Å². The fourth-order valence-electron chi connectivity index (χ4n) is 3.61. The molecule has 198 valence electrons. The lowest BCUT2D eigenvalue weighted by atomic mass is 9.89. The Hall–Kier alpha value is -3.38. The van der Waals surface area contributed by atoms with E-state index in [1.807, 2.05) is 0 Å². The maximum Gasteiger partial charge on any atom is 0.345 e. The summed E-state index contributed by atoms with van der Waals surface area (Å²) in [5.41, 5.74) is 15.8. The maximum absolute atomic E-state index is 12.9. The molecule has 0 aliphatic carbocycles. The van der Waals surface area contributed by atoms with Crippen molar-refractivity contribution in [3.8, 4) is 0 Å². The second-order valence-corrected chi connectivity index (χ2v) is 11.1. The van der Waals surface area contributed by atoms with Crippen molar-refractivity contribution in [2.45, 2.75) is 23.4 Å². The van der Waals surface area contributed by atoms with Crippen LogP contribution in [0.2, 0.25) is 0 Å². The number of anilines is 3. The van der Waals surface area contributed by atoms with Crippen molar-refractivity contribution in [2.24, 2.45) is 17.6 Å². The minimum absolute atomic E-state index is 0.0224. The predicted octanol–water partition coefficient (Wildman–Crippen LogP) is -2.83. The van der Waals surface area contributed by atoms with E-state index in [-0.39, 0.29) is 47.3 Å². The van der Waals surface area contributed by atoms with Crippen LogP contribution in [-0.4, -0.2) is 78.8 Å². The Bertz CT molecular complexity index is 1250. The number of aromatic nitrogens is 4. The summed E-state index contributed by atoms with van der Waals surface area (Å²) in [6.07, 6.45) is 0. The number of oxime groups is 1. The van der Waals surface area contributed by atoms with Gasteiger partial charge in [0.2, 0.25) is 17.4 Å².